The van der Waals surface area contributed by atoms with E-state index in [9.17, 15) is 4.79 Å². The predicted octanol–water partition coefficient (Wildman–Crippen LogP) is 4.17. The van der Waals surface area contributed by atoms with E-state index in [1.54, 1.807) is 20.4 Å². The van der Waals surface area contributed by atoms with Gasteiger partial charge in [0.2, 0.25) is 5.91 Å². The van der Waals surface area contributed by atoms with Crippen molar-refractivity contribution in [1.82, 2.24) is 14.9 Å². The van der Waals surface area contributed by atoms with Gasteiger partial charge in [-0.25, -0.2) is 4.98 Å². The fourth-order valence-electron chi connectivity index (χ4n) is 3.04. The van der Waals surface area contributed by atoms with Crippen LogP contribution in [0.3, 0.4) is 0 Å². The molecule has 0 saturated carbocycles. The minimum absolute atomic E-state index is 0.0776. The minimum Gasteiger partial charge on any atom is -0.497 e. The van der Waals surface area contributed by atoms with E-state index < -0.39 is 0 Å². The van der Waals surface area contributed by atoms with Crippen LogP contribution in [0.5, 0.6) is 11.5 Å². The van der Waals surface area contributed by atoms with Crippen LogP contribution in [0.4, 0.5) is 0 Å². The van der Waals surface area contributed by atoms with E-state index in [4.69, 9.17) is 9.47 Å². The molecule has 0 fully saturated rings. The van der Waals surface area contributed by atoms with Crippen molar-refractivity contribution in [2.24, 2.45) is 0 Å². The number of benzene rings is 2. The number of amides is 1. The predicted molar refractivity (Wildman–Crippen MR) is 115 cm³/mol. The zero-order valence-corrected chi connectivity index (χ0v) is 17.8. The SMILES string of the molecule is COc1ccc(OC)c(C(C)NC(=O)CSc2nccn2-c2cccc(C)c2)c1. The molecule has 1 aromatic heterocycles. The average Bonchev–Trinajstić information content (AvgIpc) is 3.20. The number of hydrogen-bond acceptors (Lipinski definition) is 5. The Morgan fingerprint density at radius 1 is 1.21 bits per heavy atom. The van der Waals surface area contributed by atoms with Gasteiger partial charge in [-0.3, -0.25) is 9.36 Å². The third-order valence-corrected chi connectivity index (χ3v) is 5.47. The molecule has 7 heteroatoms. The van der Waals surface area contributed by atoms with Gasteiger partial charge in [0.15, 0.2) is 5.16 Å². The molecule has 2 aromatic carbocycles. The van der Waals surface area contributed by atoms with Crippen LogP contribution in [-0.2, 0) is 4.79 Å². The number of nitrogens with zero attached hydrogens (tertiary/aromatic N) is 2. The van der Waals surface area contributed by atoms with Gasteiger partial charge in [-0.2, -0.15) is 0 Å². The average molecular weight is 412 g/mol. The number of thioether (sulfide) groups is 1. The number of methoxy groups -OCH3 is 2. The summed E-state index contributed by atoms with van der Waals surface area (Å²) in [6.45, 7) is 3.97. The highest BCUT2D eigenvalue weighted by Crippen LogP contribution is 2.29. The Bertz CT molecular complexity index is 987. The number of aryl methyl sites for hydroxylation is 1. The van der Waals surface area contributed by atoms with Crippen LogP contribution in [-0.4, -0.2) is 35.4 Å². The van der Waals surface area contributed by atoms with Crippen molar-refractivity contribution in [3.05, 3.63) is 66.0 Å². The first-order chi connectivity index (χ1) is 14.0. The second-order valence-electron chi connectivity index (χ2n) is 6.60. The summed E-state index contributed by atoms with van der Waals surface area (Å²) < 4.78 is 12.7. The topological polar surface area (TPSA) is 65.4 Å². The summed E-state index contributed by atoms with van der Waals surface area (Å²) in [6, 6.07) is 13.5. The van der Waals surface area contributed by atoms with Crippen molar-refractivity contribution < 1.29 is 14.3 Å². The van der Waals surface area contributed by atoms with E-state index in [0.717, 1.165) is 22.2 Å². The van der Waals surface area contributed by atoms with Crippen LogP contribution in [0.2, 0.25) is 0 Å². The molecule has 0 radical (unpaired) electrons. The van der Waals surface area contributed by atoms with Gasteiger partial charge in [0.25, 0.3) is 0 Å². The molecular weight excluding hydrogens is 386 g/mol. The molecule has 6 nitrogen and oxygen atoms in total. The Morgan fingerprint density at radius 2 is 2.03 bits per heavy atom. The molecule has 0 bridgehead atoms. The summed E-state index contributed by atoms with van der Waals surface area (Å²) in [5, 5.41) is 3.80. The van der Waals surface area contributed by atoms with E-state index in [1.807, 2.05) is 48.0 Å². The minimum atomic E-state index is -0.218. The molecule has 0 saturated heterocycles. The Morgan fingerprint density at radius 3 is 2.76 bits per heavy atom. The maximum absolute atomic E-state index is 12.5. The molecule has 0 aliphatic carbocycles. The molecular formula is C22H25N3O3S. The fourth-order valence-corrected chi connectivity index (χ4v) is 3.82. The summed E-state index contributed by atoms with van der Waals surface area (Å²) in [7, 11) is 3.22. The third-order valence-electron chi connectivity index (χ3n) is 4.50. The number of imidazole rings is 1. The van der Waals surface area contributed by atoms with Crippen LogP contribution >= 0.6 is 11.8 Å². The van der Waals surface area contributed by atoms with Gasteiger partial charge < -0.3 is 14.8 Å². The number of nitrogens with one attached hydrogen (secondary N) is 1. The van der Waals surface area contributed by atoms with Crippen LogP contribution in [0.1, 0.15) is 24.1 Å². The van der Waals surface area contributed by atoms with Crippen LogP contribution in [0, 0.1) is 6.92 Å². The molecule has 1 unspecified atom stereocenters. The maximum atomic E-state index is 12.5. The lowest BCUT2D eigenvalue weighted by atomic mass is 10.1. The number of carbonyl (C=O) groups is 1. The third kappa shape index (κ3) is 5.12. The van der Waals surface area contributed by atoms with Gasteiger partial charge >= 0.3 is 0 Å². The van der Waals surface area contributed by atoms with Gasteiger partial charge in [-0.1, -0.05) is 23.9 Å². The van der Waals surface area contributed by atoms with Gasteiger partial charge in [0.05, 0.1) is 26.0 Å². The molecule has 29 heavy (non-hydrogen) atoms. The number of carbonyl (C=O) groups excluding carboxylic acids is 1. The van der Waals surface area contributed by atoms with Crippen LogP contribution < -0.4 is 14.8 Å². The van der Waals surface area contributed by atoms with Crippen molar-refractivity contribution >= 4 is 17.7 Å². The highest BCUT2D eigenvalue weighted by molar-refractivity contribution is 7.99. The van der Waals surface area contributed by atoms with Crippen LogP contribution in [0.25, 0.3) is 5.69 Å². The molecule has 0 spiro atoms. The van der Waals surface area contributed by atoms with Gasteiger partial charge in [-0.05, 0) is 49.7 Å². The summed E-state index contributed by atoms with van der Waals surface area (Å²) >= 11 is 1.40. The van der Waals surface area contributed by atoms with E-state index in [-0.39, 0.29) is 17.7 Å². The van der Waals surface area contributed by atoms with Gasteiger partial charge in [0.1, 0.15) is 11.5 Å². The monoisotopic (exact) mass is 411 g/mol. The van der Waals surface area contributed by atoms with E-state index >= 15 is 0 Å². The number of rotatable bonds is 8. The standard InChI is InChI=1S/C22H25N3O3S/c1-15-6-5-7-17(12-15)25-11-10-23-22(25)29-14-21(26)24-16(2)19-13-18(27-3)8-9-20(19)28-4/h5-13,16H,14H2,1-4H3,(H,24,26). The Kier molecular flexibility index (Phi) is 6.82. The number of hydrogen-bond donors (Lipinski definition) is 1. The second-order valence-corrected chi connectivity index (χ2v) is 7.55. The highest BCUT2D eigenvalue weighted by atomic mass is 32.2. The highest BCUT2D eigenvalue weighted by Gasteiger charge is 2.16. The first-order valence-corrected chi connectivity index (χ1v) is 10.2. The lowest BCUT2D eigenvalue weighted by Crippen LogP contribution is -2.28. The maximum Gasteiger partial charge on any atom is 0.230 e. The first kappa shape index (κ1) is 20.8. The summed E-state index contributed by atoms with van der Waals surface area (Å²) in [6.07, 6.45) is 3.64. The first-order valence-electron chi connectivity index (χ1n) is 9.26. The Labute approximate surface area is 175 Å². The molecule has 1 heterocycles. The molecule has 1 amide bonds. The normalized spacial score (nSPS) is 11.7. The lowest BCUT2D eigenvalue weighted by Gasteiger charge is -2.18. The van der Waals surface area contributed by atoms with E-state index in [1.165, 1.54) is 17.3 Å². The van der Waals surface area contributed by atoms with Crippen molar-refractivity contribution in [2.75, 3.05) is 20.0 Å². The smallest absolute Gasteiger partial charge is 0.230 e. The van der Waals surface area contributed by atoms with E-state index in [0.29, 0.717) is 5.75 Å². The largest absolute Gasteiger partial charge is 0.497 e. The molecule has 3 rings (SSSR count). The molecule has 152 valence electrons. The van der Waals surface area contributed by atoms with Crippen molar-refractivity contribution in [1.29, 1.82) is 0 Å². The zero-order chi connectivity index (χ0) is 20.8. The number of ether oxygens (including phenoxy) is 2. The molecule has 0 aliphatic rings. The molecule has 3 aromatic rings. The fraction of sp³-hybridized carbons (Fsp3) is 0.273. The van der Waals surface area contributed by atoms with Crippen molar-refractivity contribution in [2.45, 2.75) is 25.0 Å². The van der Waals surface area contributed by atoms with Gasteiger partial charge in [-0.15, -0.1) is 0 Å². The summed E-state index contributed by atoms with van der Waals surface area (Å²) in [4.78, 5) is 16.9. The molecule has 1 atom stereocenters. The number of aromatic nitrogens is 2. The molecule has 1 N–H and O–H groups in total. The summed E-state index contributed by atoms with van der Waals surface area (Å²) in [5.41, 5.74) is 3.07. The van der Waals surface area contributed by atoms with Crippen LogP contribution in [0.15, 0.2) is 60.0 Å². The Balaban J connectivity index is 1.65. The van der Waals surface area contributed by atoms with Crippen molar-refractivity contribution in [3.8, 4) is 17.2 Å². The van der Waals surface area contributed by atoms with Gasteiger partial charge in [0, 0.05) is 23.6 Å². The quantitative estimate of drug-likeness (QED) is 0.564. The molecule has 0 aliphatic heterocycles. The lowest BCUT2D eigenvalue weighted by molar-refractivity contribution is -0.119. The Hall–Kier alpha value is -2.93. The van der Waals surface area contributed by atoms with Crippen molar-refractivity contribution in [3.63, 3.8) is 0 Å². The second kappa shape index (κ2) is 9.52. The summed E-state index contributed by atoms with van der Waals surface area (Å²) in [5.74, 6) is 1.61. The van der Waals surface area contributed by atoms with E-state index in [2.05, 4.69) is 29.4 Å². The zero-order valence-electron chi connectivity index (χ0n) is 17.0.